The highest BCUT2D eigenvalue weighted by Crippen LogP contribution is 2.27. The maximum Gasteiger partial charge on any atom is 0.338 e. The maximum absolute atomic E-state index is 11.5. The molecule has 1 heterocycles. The van der Waals surface area contributed by atoms with Crippen LogP contribution in [0.25, 0.3) is 11.0 Å². The molecule has 0 aliphatic rings. The molecule has 1 aromatic carbocycles. The molecule has 0 saturated heterocycles. The molecule has 0 aliphatic heterocycles. The van der Waals surface area contributed by atoms with Crippen LogP contribution in [0.5, 0.6) is 5.75 Å². The summed E-state index contributed by atoms with van der Waals surface area (Å²) < 4.78 is 9.87. The molecule has 6 heteroatoms. The van der Waals surface area contributed by atoms with E-state index >= 15 is 0 Å². The summed E-state index contributed by atoms with van der Waals surface area (Å²) in [4.78, 5) is 20.0. The number of benzene rings is 1. The summed E-state index contributed by atoms with van der Waals surface area (Å²) in [6.07, 6.45) is 0. The molecule has 2 rings (SSSR count). The van der Waals surface area contributed by atoms with E-state index in [1.54, 1.807) is 19.1 Å². The van der Waals surface area contributed by atoms with Crippen molar-refractivity contribution in [2.24, 2.45) is 0 Å². The van der Waals surface area contributed by atoms with Crippen LogP contribution in [0.2, 0.25) is 5.15 Å². The lowest BCUT2D eigenvalue weighted by Gasteiger charge is -2.08. The minimum Gasteiger partial charge on any atom is -0.494 e. The van der Waals surface area contributed by atoms with Crippen molar-refractivity contribution >= 4 is 28.6 Å². The molecule has 0 fully saturated rings. The number of halogens is 1. The summed E-state index contributed by atoms with van der Waals surface area (Å²) >= 11 is 5.92. The van der Waals surface area contributed by atoms with Crippen molar-refractivity contribution < 1.29 is 14.3 Å². The highest BCUT2D eigenvalue weighted by atomic mass is 35.5. The molecule has 0 amide bonds. The molecule has 0 aliphatic carbocycles. The monoisotopic (exact) mass is 266 g/mol. The van der Waals surface area contributed by atoms with E-state index in [-0.39, 0.29) is 0 Å². The van der Waals surface area contributed by atoms with Crippen molar-refractivity contribution in [3.63, 3.8) is 0 Å². The van der Waals surface area contributed by atoms with Crippen LogP contribution < -0.4 is 4.74 Å². The Morgan fingerprint density at radius 2 is 2.00 bits per heavy atom. The molecule has 94 valence electrons. The van der Waals surface area contributed by atoms with Gasteiger partial charge < -0.3 is 9.47 Å². The molecule has 0 saturated carbocycles. The van der Waals surface area contributed by atoms with E-state index in [4.69, 9.17) is 16.3 Å². The van der Waals surface area contributed by atoms with Crippen molar-refractivity contribution in [2.45, 2.75) is 6.92 Å². The first-order valence-corrected chi connectivity index (χ1v) is 5.54. The van der Waals surface area contributed by atoms with Gasteiger partial charge in [-0.2, -0.15) is 0 Å². The lowest BCUT2D eigenvalue weighted by Crippen LogP contribution is -2.03. The van der Waals surface area contributed by atoms with Gasteiger partial charge in [-0.15, -0.1) is 0 Å². The minimum absolute atomic E-state index is 0.298. The molecule has 0 unspecified atom stereocenters. The van der Waals surface area contributed by atoms with Crippen LogP contribution >= 0.6 is 11.6 Å². The number of esters is 1. The Kier molecular flexibility index (Phi) is 3.34. The SMILES string of the molecule is COC(=O)c1cc(OC)c2nc(C)c(Cl)nc2c1. The van der Waals surface area contributed by atoms with Crippen LogP contribution in [0.4, 0.5) is 0 Å². The zero-order chi connectivity index (χ0) is 13.3. The topological polar surface area (TPSA) is 61.3 Å². The fourth-order valence-electron chi connectivity index (χ4n) is 1.58. The van der Waals surface area contributed by atoms with Crippen LogP contribution in [-0.4, -0.2) is 30.2 Å². The number of hydrogen-bond donors (Lipinski definition) is 0. The molecule has 0 atom stereocenters. The highest BCUT2D eigenvalue weighted by Gasteiger charge is 2.14. The third-order valence-electron chi connectivity index (χ3n) is 2.49. The van der Waals surface area contributed by atoms with Crippen LogP contribution in [0.3, 0.4) is 0 Å². The predicted octanol–water partition coefficient (Wildman–Crippen LogP) is 2.39. The van der Waals surface area contributed by atoms with Crippen molar-refractivity contribution in [2.75, 3.05) is 14.2 Å². The maximum atomic E-state index is 11.5. The first-order valence-electron chi connectivity index (χ1n) is 5.17. The predicted molar refractivity (Wildman–Crippen MR) is 67.2 cm³/mol. The van der Waals surface area contributed by atoms with Gasteiger partial charge in [-0.1, -0.05) is 11.6 Å². The number of aryl methyl sites for hydroxylation is 1. The molecule has 0 bridgehead atoms. The summed E-state index contributed by atoms with van der Waals surface area (Å²) in [5, 5.41) is 0.298. The van der Waals surface area contributed by atoms with Crippen LogP contribution in [0.15, 0.2) is 12.1 Å². The number of carbonyl (C=O) groups is 1. The van der Waals surface area contributed by atoms with E-state index in [1.165, 1.54) is 14.2 Å². The first-order chi connectivity index (χ1) is 8.56. The van der Waals surface area contributed by atoms with Gasteiger partial charge in [0.05, 0.1) is 31.0 Å². The van der Waals surface area contributed by atoms with Gasteiger partial charge in [-0.25, -0.2) is 14.8 Å². The van der Waals surface area contributed by atoms with Gasteiger partial charge in [0.15, 0.2) is 5.15 Å². The molecule has 5 nitrogen and oxygen atoms in total. The Morgan fingerprint density at radius 1 is 1.28 bits per heavy atom. The quantitative estimate of drug-likeness (QED) is 0.781. The third kappa shape index (κ3) is 2.09. The average molecular weight is 267 g/mol. The van der Waals surface area contributed by atoms with Crippen LogP contribution in [0, 0.1) is 6.92 Å². The van der Waals surface area contributed by atoms with E-state index in [1.807, 2.05) is 0 Å². The van der Waals surface area contributed by atoms with Gasteiger partial charge in [0.1, 0.15) is 11.3 Å². The molecule has 0 spiro atoms. The molecule has 0 radical (unpaired) electrons. The van der Waals surface area contributed by atoms with Gasteiger partial charge in [0.25, 0.3) is 0 Å². The molecule has 18 heavy (non-hydrogen) atoms. The zero-order valence-corrected chi connectivity index (χ0v) is 10.9. The minimum atomic E-state index is -0.464. The van der Waals surface area contributed by atoms with Crippen molar-refractivity contribution in [3.8, 4) is 5.75 Å². The highest BCUT2D eigenvalue weighted by molar-refractivity contribution is 6.30. The Hall–Kier alpha value is -1.88. The lowest BCUT2D eigenvalue weighted by atomic mass is 10.1. The zero-order valence-electron chi connectivity index (χ0n) is 10.2. The van der Waals surface area contributed by atoms with Crippen LogP contribution in [-0.2, 0) is 4.74 Å². The Morgan fingerprint density at radius 3 is 2.61 bits per heavy atom. The summed E-state index contributed by atoms with van der Waals surface area (Å²) in [5.41, 5.74) is 2.00. The molecular formula is C12H11ClN2O3. The summed E-state index contributed by atoms with van der Waals surface area (Å²) in [7, 11) is 2.81. The molecular weight excluding hydrogens is 256 g/mol. The standard InChI is InChI=1S/C12H11ClN2O3/c1-6-11(13)15-8-4-7(12(16)18-3)5-9(17-2)10(8)14-6/h4-5H,1-3H3. The number of ether oxygens (including phenoxy) is 2. The van der Waals surface area contributed by atoms with Crippen molar-refractivity contribution in [3.05, 3.63) is 28.5 Å². The largest absolute Gasteiger partial charge is 0.494 e. The summed E-state index contributed by atoms with van der Waals surface area (Å²) in [6.45, 7) is 1.75. The summed E-state index contributed by atoms with van der Waals surface area (Å²) in [5.74, 6) is -0.00568. The smallest absolute Gasteiger partial charge is 0.338 e. The Bertz CT molecular complexity index is 628. The number of methoxy groups -OCH3 is 2. The normalized spacial score (nSPS) is 10.4. The van der Waals surface area contributed by atoms with Gasteiger partial charge in [-0.05, 0) is 19.1 Å². The number of hydrogen-bond acceptors (Lipinski definition) is 5. The molecule has 0 N–H and O–H groups in total. The van der Waals surface area contributed by atoms with E-state index in [0.717, 1.165) is 0 Å². The van der Waals surface area contributed by atoms with E-state index in [9.17, 15) is 4.79 Å². The Balaban J connectivity index is 2.75. The van der Waals surface area contributed by atoms with E-state index in [0.29, 0.717) is 33.2 Å². The van der Waals surface area contributed by atoms with E-state index < -0.39 is 5.97 Å². The fraction of sp³-hybridized carbons (Fsp3) is 0.250. The molecule has 2 aromatic rings. The van der Waals surface area contributed by atoms with Gasteiger partial charge in [0, 0.05) is 0 Å². The molecule has 1 aromatic heterocycles. The second-order valence-corrected chi connectivity index (χ2v) is 4.00. The lowest BCUT2D eigenvalue weighted by molar-refractivity contribution is 0.0600. The second-order valence-electron chi connectivity index (χ2n) is 3.64. The Labute approximate surface area is 109 Å². The number of nitrogens with zero attached hydrogens (tertiary/aromatic N) is 2. The summed E-state index contributed by atoms with van der Waals surface area (Å²) in [6, 6.07) is 3.14. The average Bonchev–Trinajstić information content (AvgIpc) is 2.38. The van der Waals surface area contributed by atoms with E-state index in [2.05, 4.69) is 14.7 Å². The number of rotatable bonds is 2. The first kappa shape index (κ1) is 12.6. The van der Waals surface area contributed by atoms with Gasteiger partial charge >= 0.3 is 5.97 Å². The number of fused-ring (bicyclic) bond motifs is 1. The second kappa shape index (κ2) is 4.78. The number of carbonyl (C=O) groups excluding carboxylic acids is 1. The van der Waals surface area contributed by atoms with Crippen LogP contribution in [0.1, 0.15) is 16.1 Å². The van der Waals surface area contributed by atoms with Crippen molar-refractivity contribution in [1.82, 2.24) is 9.97 Å². The fourth-order valence-corrected chi connectivity index (χ4v) is 1.72. The van der Waals surface area contributed by atoms with Crippen molar-refractivity contribution in [1.29, 1.82) is 0 Å². The number of aromatic nitrogens is 2. The van der Waals surface area contributed by atoms with Gasteiger partial charge in [0.2, 0.25) is 0 Å². The van der Waals surface area contributed by atoms with Gasteiger partial charge in [-0.3, -0.25) is 0 Å². The third-order valence-corrected chi connectivity index (χ3v) is 2.85.